The van der Waals surface area contributed by atoms with Gasteiger partial charge in [0, 0.05) is 10.7 Å². The summed E-state index contributed by atoms with van der Waals surface area (Å²) in [7, 11) is 0. The lowest BCUT2D eigenvalue weighted by molar-refractivity contribution is 0.827. The average Bonchev–Trinajstić information content (AvgIpc) is 2.45. The van der Waals surface area contributed by atoms with E-state index in [0.717, 1.165) is 27.7 Å². The SMILES string of the molecule is Cc1cc(C)n(-c2ccc(Cl)cc2C)n1. The molecule has 2 aromatic rings. The van der Waals surface area contributed by atoms with E-state index in [9.17, 15) is 0 Å². The van der Waals surface area contributed by atoms with E-state index in [1.54, 1.807) is 0 Å². The Balaban J connectivity index is 2.59. The lowest BCUT2D eigenvalue weighted by Crippen LogP contribution is -2.01. The first-order chi connectivity index (χ1) is 7.08. The summed E-state index contributed by atoms with van der Waals surface area (Å²) in [6.45, 7) is 6.08. The Morgan fingerprint density at radius 3 is 2.40 bits per heavy atom. The Morgan fingerprint density at radius 1 is 1.13 bits per heavy atom. The molecule has 0 amide bonds. The van der Waals surface area contributed by atoms with Gasteiger partial charge < -0.3 is 0 Å². The molecule has 0 N–H and O–H groups in total. The van der Waals surface area contributed by atoms with E-state index >= 15 is 0 Å². The molecule has 0 spiro atoms. The van der Waals surface area contributed by atoms with E-state index in [1.165, 1.54) is 0 Å². The minimum Gasteiger partial charge on any atom is -0.238 e. The van der Waals surface area contributed by atoms with Crippen molar-refractivity contribution < 1.29 is 0 Å². The summed E-state index contributed by atoms with van der Waals surface area (Å²) < 4.78 is 1.95. The van der Waals surface area contributed by atoms with Gasteiger partial charge in [0.1, 0.15) is 0 Å². The highest BCUT2D eigenvalue weighted by molar-refractivity contribution is 6.30. The lowest BCUT2D eigenvalue weighted by Gasteiger charge is -2.08. The topological polar surface area (TPSA) is 17.8 Å². The summed E-state index contributed by atoms with van der Waals surface area (Å²) in [6.07, 6.45) is 0. The van der Waals surface area contributed by atoms with Crippen LogP contribution in [0.1, 0.15) is 17.0 Å². The van der Waals surface area contributed by atoms with Gasteiger partial charge in [-0.1, -0.05) is 11.6 Å². The van der Waals surface area contributed by atoms with Crippen molar-refractivity contribution in [3.63, 3.8) is 0 Å². The first-order valence-electron chi connectivity index (χ1n) is 4.88. The van der Waals surface area contributed by atoms with Crippen LogP contribution in [0.2, 0.25) is 5.02 Å². The summed E-state index contributed by atoms with van der Waals surface area (Å²) in [5, 5.41) is 5.21. The quantitative estimate of drug-likeness (QED) is 0.720. The Hall–Kier alpha value is -1.28. The van der Waals surface area contributed by atoms with E-state index in [2.05, 4.69) is 11.2 Å². The van der Waals surface area contributed by atoms with Crippen molar-refractivity contribution >= 4 is 11.6 Å². The highest BCUT2D eigenvalue weighted by atomic mass is 35.5. The molecule has 0 unspecified atom stereocenters. The fourth-order valence-corrected chi connectivity index (χ4v) is 1.96. The Labute approximate surface area is 94.5 Å². The molecule has 2 nitrogen and oxygen atoms in total. The fraction of sp³-hybridized carbons (Fsp3) is 0.250. The zero-order valence-electron chi connectivity index (χ0n) is 9.08. The summed E-state index contributed by atoms with van der Waals surface area (Å²) in [5.74, 6) is 0. The van der Waals surface area contributed by atoms with Gasteiger partial charge in [-0.05, 0) is 50.6 Å². The number of nitrogens with zero attached hydrogens (tertiary/aromatic N) is 2. The van der Waals surface area contributed by atoms with Gasteiger partial charge >= 0.3 is 0 Å². The van der Waals surface area contributed by atoms with Gasteiger partial charge in [0.25, 0.3) is 0 Å². The van der Waals surface area contributed by atoms with E-state index in [-0.39, 0.29) is 0 Å². The van der Waals surface area contributed by atoms with Crippen molar-refractivity contribution in [3.8, 4) is 5.69 Å². The standard InChI is InChI=1S/C12H13ClN2/c1-8-6-11(13)4-5-12(8)15-10(3)7-9(2)14-15/h4-7H,1-3H3. The van der Waals surface area contributed by atoms with E-state index in [0.29, 0.717) is 0 Å². The maximum atomic E-state index is 5.92. The second kappa shape index (κ2) is 3.70. The van der Waals surface area contributed by atoms with Gasteiger partial charge in [-0.25, -0.2) is 4.68 Å². The van der Waals surface area contributed by atoms with Crippen molar-refractivity contribution in [1.29, 1.82) is 0 Å². The molecular formula is C12H13ClN2. The van der Waals surface area contributed by atoms with Crippen LogP contribution in [0, 0.1) is 20.8 Å². The smallest absolute Gasteiger partial charge is 0.0678 e. The third-order valence-corrected chi connectivity index (χ3v) is 2.63. The van der Waals surface area contributed by atoms with E-state index in [4.69, 9.17) is 11.6 Å². The van der Waals surface area contributed by atoms with Crippen molar-refractivity contribution in [1.82, 2.24) is 9.78 Å². The molecule has 0 radical (unpaired) electrons. The molecule has 0 aliphatic rings. The van der Waals surface area contributed by atoms with Crippen LogP contribution in [0.3, 0.4) is 0 Å². The Kier molecular flexibility index (Phi) is 2.53. The summed E-state index contributed by atoms with van der Waals surface area (Å²) in [6, 6.07) is 7.90. The van der Waals surface area contributed by atoms with Crippen molar-refractivity contribution in [3.05, 3.63) is 46.2 Å². The Bertz CT molecular complexity index is 500. The molecule has 1 heterocycles. The van der Waals surface area contributed by atoms with Crippen molar-refractivity contribution in [2.75, 3.05) is 0 Å². The molecule has 1 aromatic carbocycles. The largest absolute Gasteiger partial charge is 0.238 e. The highest BCUT2D eigenvalue weighted by Crippen LogP contribution is 2.20. The second-order valence-electron chi connectivity index (χ2n) is 3.77. The minimum atomic E-state index is 0.762. The van der Waals surface area contributed by atoms with Crippen LogP contribution >= 0.6 is 11.6 Å². The van der Waals surface area contributed by atoms with Crippen LogP contribution in [0.25, 0.3) is 5.69 Å². The Morgan fingerprint density at radius 2 is 1.87 bits per heavy atom. The van der Waals surface area contributed by atoms with Crippen LogP contribution in [0.5, 0.6) is 0 Å². The van der Waals surface area contributed by atoms with Gasteiger partial charge in [-0.2, -0.15) is 5.10 Å². The molecule has 0 saturated heterocycles. The molecule has 78 valence electrons. The molecule has 0 atom stereocenters. The molecule has 2 rings (SSSR count). The molecule has 15 heavy (non-hydrogen) atoms. The van der Waals surface area contributed by atoms with E-state index < -0.39 is 0 Å². The zero-order valence-corrected chi connectivity index (χ0v) is 9.84. The minimum absolute atomic E-state index is 0.762. The number of hydrogen-bond acceptors (Lipinski definition) is 1. The predicted molar refractivity (Wildman–Crippen MR) is 62.8 cm³/mol. The number of benzene rings is 1. The number of aryl methyl sites for hydroxylation is 3. The van der Waals surface area contributed by atoms with Gasteiger partial charge in [0.05, 0.1) is 11.4 Å². The third-order valence-electron chi connectivity index (χ3n) is 2.40. The maximum Gasteiger partial charge on any atom is 0.0678 e. The second-order valence-corrected chi connectivity index (χ2v) is 4.21. The predicted octanol–water partition coefficient (Wildman–Crippen LogP) is 3.45. The molecule has 0 aliphatic carbocycles. The molecule has 1 aromatic heterocycles. The molecule has 0 aliphatic heterocycles. The zero-order chi connectivity index (χ0) is 11.0. The van der Waals surface area contributed by atoms with Crippen LogP contribution in [-0.2, 0) is 0 Å². The fourth-order valence-electron chi connectivity index (χ4n) is 1.73. The first-order valence-corrected chi connectivity index (χ1v) is 5.25. The average molecular weight is 221 g/mol. The maximum absolute atomic E-state index is 5.92. The van der Waals surface area contributed by atoms with Gasteiger partial charge in [-0.15, -0.1) is 0 Å². The van der Waals surface area contributed by atoms with Crippen LogP contribution < -0.4 is 0 Å². The van der Waals surface area contributed by atoms with Crippen LogP contribution in [-0.4, -0.2) is 9.78 Å². The van der Waals surface area contributed by atoms with Gasteiger partial charge in [0.2, 0.25) is 0 Å². The monoisotopic (exact) mass is 220 g/mol. The summed E-state index contributed by atoms with van der Waals surface area (Å²) in [4.78, 5) is 0. The molecule has 0 bridgehead atoms. The molecular weight excluding hydrogens is 208 g/mol. The van der Waals surface area contributed by atoms with Crippen molar-refractivity contribution in [2.24, 2.45) is 0 Å². The number of hydrogen-bond donors (Lipinski definition) is 0. The van der Waals surface area contributed by atoms with Gasteiger partial charge in [0.15, 0.2) is 0 Å². The number of rotatable bonds is 1. The van der Waals surface area contributed by atoms with Crippen LogP contribution in [0.15, 0.2) is 24.3 Å². The number of aromatic nitrogens is 2. The first kappa shape index (κ1) is 10.2. The highest BCUT2D eigenvalue weighted by Gasteiger charge is 2.06. The van der Waals surface area contributed by atoms with Crippen molar-refractivity contribution in [2.45, 2.75) is 20.8 Å². The van der Waals surface area contributed by atoms with Crippen LogP contribution in [0.4, 0.5) is 0 Å². The third kappa shape index (κ3) is 1.90. The lowest BCUT2D eigenvalue weighted by atomic mass is 10.2. The van der Waals surface area contributed by atoms with E-state index in [1.807, 2.05) is 43.7 Å². The normalized spacial score (nSPS) is 10.7. The molecule has 0 saturated carbocycles. The molecule has 3 heteroatoms. The molecule has 0 fully saturated rings. The van der Waals surface area contributed by atoms with Gasteiger partial charge in [-0.3, -0.25) is 0 Å². The number of halogens is 1. The summed E-state index contributed by atoms with van der Waals surface area (Å²) >= 11 is 5.92. The summed E-state index contributed by atoms with van der Waals surface area (Å²) in [5.41, 5.74) is 4.39.